The van der Waals surface area contributed by atoms with Crippen molar-refractivity contribution in [2.45, 2.75) is 45.1 Å². The van der Waals surface area contributed by atoms with Gasteiger partial charge in [0, 0.05) is 23.9 Å². The molecule has 3 nitrogen and oxygen atoms in total. The van der Waals surface area contributed by atoms with E-state index in [0.29, 0.717) is 6.42 Å². The molecule has 0 spiro atoms. The second-order valence-electron chi connectivity index (χ2n) is 7.73. The fourth-order valence-corrected chi connectivity index (χ4v) is 5.38. The number of piperidine rings is 1. The number of rotatable bonds is 5. The van der Waals surface area contributed by atoms with Crippen LogP contribution in [0.3, 0.4) is 0 Å². The van der Waals surface area contributed by atoms with Gasteiger partial charge in [-0.25, -0.2) is 0 Å². The lowest BCUT2D eigenvalue weighted by Gasteiger charge is -2.35. The summed E-state index contributed by atoms with van der Waals surface area (Å²) in [4.78, 5) is 16.5. The van der Waals surface area contributed by atoms with Gasteiger partial charge in [0.2, 0.25) is 0 Å². The highest BCUT2D eigenvalue weighted by Gasteiger charge is 2.30. The molecule has 1 aliphatic heterocycles. The summed E-state index contributed by atoms with van der Waals surface area (Å²) in [6.45, 7) is 3.02. The number of hydrogen-bond donors (Lipinski definition) is 1. The lowest BCUT2D eigenvalue weighted by molar-refractivity contribution is 0.0579. The topological polar surface area (TPSA) is 40.5 Å². The lowest BCUT2D eigenvalue weighted by Crippen LogP contribution is -2.44. The number of aliphatic hydroxyl groups excluding tert-OH is 1. The molecule has 1 unspecified atom stereocenters. The fraction of sp³-hybridized carbons (Fsp3) is 0.375. The third-order valence-electron chi connectivity index (χ3n) is 5.74. The zero-order chi connectivity index (χ0) is 19.5. The van der Waals surface area contributed by atoms with Crippen molar-refractivity contribution < 1.29 is 9.90 Å². The number of carbonyl (C=O) groups is 1. The quantitative estimate of drug-likeness (QED) is 0.649. The molecule has 4 rings (SSSR count). The first-order chi connectivity index (χ1) is 13.7. The second-order valence-corrected chi connectivity index (χ2v) is 8.78. The fourth-order valence-electron chi connectivity index (χ4n) is 4.20. The lowest BCUT2D eigenvalue weighted by atomic mass is 9.97. The van der Waals surface area contributed by atoms with Crippen molar-refractivity contribution in [3.05, 3.63) is 70.1 Å². The first-order valence-corrected chi connectivity index (χ1v) is 11.0. The van der Waals surface area contributed by atoms with Gasteiger partial charge in [-0.3, -0.25) is 4.79 Å². The van der Waals surface area contributed by atoms with Crippen LogP contribution in [0.25, 0.3) is 10.1 Å². The molecule has 0 aliphatic carbocycles. The van der Waals surface area contributed by atoms with E-state index in [-0.39, 0.29) is 18.6 Å². The average molecular weight is 394 g/mol. The molecule has 3 aromatic rings. The van der Waals surface area contributed by atoms with Crippen molar-refractivity contribution in [3.8, 4) is 0 Å². The number of hydrogen-bond acceptors (Lipinski definition) is 3. The number of carbonyl (C=O) groups excluding carboxylic acids is 1. The van der Waals surface area contributed by atoms with Crippen molar-refractivity contribution in [1.82, 2.24) is 4.90 Å². The first-order valence-electron chi connectivity index (χ1n) is 10.1. The zero-order valence-electron chi connectivity index (χ0n) is 16.4. The van der Waals surface area contributed by atoms with Crippen LogP contribution in [-0.4, -0.2) is 35.1 Å². The van der Waals surface area contributed by atoms with Crippen molar-refractivity contribution in [2.24, 2.45) is 0 Å². The van der Waals surface area contributed by atoms with Gasteiger partial charge >= 0.3 is 0 Å². The molecule has 1 amide bonds. The molecule has 4 heteroatoms. The van der Waals surface area contributed by atoms with Crippen LogP contribution in [0.4, 0.5) is 0 Å². The van der Waals surface area contributed by atoms with Crippen LogP contribution in [0, 0.1) is 6.92 Å². The molecule has 1 fully saturated rings. The molecular formula is C24H27NO2S. The Kier molecular flexibility index (Phi) is 5.79. The molecule has 0 saturated carbocycles. The molecular weight excluding hydrogens is 366 g/mol. The summed E-state index contributed by atoms with van der Waals surface area (Å²) >= 11 is 1.61. The van der Waals surface area contributed by atoms with Crippen LogP contribution in [0.1, 0.15) is 52.0 Å². The maximum absolute atomic E-state index is 13.6. The molecule has 28 heavy (non-hydrogen) atoms. The third-order valence-corrected chi connectivity index (χ3v) is 6.95. The Balaban J connectivity index is 1.73. The molecule has 1 atom stereocenters. The van der Waals surface area contributed by atoms with Crippen LogP contribution in [-0.2, 0) is 6.42 Å². The number of amides is 1. The van der Waals surface area contributed by atoms with Crippen molar-refractivity contribution >= 4 is 27.3 Å². The molecule has 0 bridgehead atoms. The van der Waals surface area contributed by atoms with E-state index < -0.39 is 0 Å². The molecule has 1 saturated heterocycles. The van der Waals surface area contributed by atoms with E-state index in [4.69, 9.17) is 0 Å². The van der Waals surface area contributed by atoms with Crippen LogP contribution < -0.4 is 0 Å². The van der Waals surface area contributed by atoms with Gasteiger partial charge in [0.1, 0.15) is 0 Å². The Morgan fingerprint density at radius 3 is 2.71 bits per heavy atom. The Bertz CT molecular complexity index is 958. The minimum Gasteiger partial charge on any atom is -0.396 e. The van der Waals surface area contributed by atoms with Crippen LogP contribution in [0.2, 0.25) is 0 Å². The van der Waals surface area contributed by atoms with Gasteiger partial charge in [-0.15, -0.1) is 11.3 Å². The van der Waals surface area contributed by atoms with Gasteiger partial charge in [-0.1, -0.05) is 48.0 Å². The van der Waals surface area contributed by atoms with Gasteiger partial charge in [0.05, 0.1) is 4.88 Å². The number of fused-ring (bicyclic) bond motifs is 1. The molecule has 1 aromatic heterocycles. The van der Waals surface area contributed by atoms with Crippen molar-refractivity contribution in [2.75, 3.05) is 13.2 Å². The highest BCUT2D eigenvalue weighted by Crippen LogP contribution is 2.35. The van der Waals surface area contributed by atoms with Crippen LogP contribution in [0.15, 0.2) is 48.5 Å². The summed E-state index contributed by atoms with van der Waals surface area (Å²) in [7, 11) is 0. The SMILES string of the molecule is Cc1ccc(Cc2c(C(=O)N3CCCCC3CCO)sc3ccccc23)cc1. The van der Waals surface area contributed by atoms with E-state index >= 15 is 0 Å². The number of aliphatic hydroxyl groups is 1. The monoisotopic (exact) mass is 393 g/mol. The summed E-state index contributed by atoms with van der Waals surface area (Å²) in [5, 5.41) is 10.6. The Morgan fingerprint density at radius 2 is 1.93 bits per heavy atom. The maximum Gasteiger partial charge on any atom is 0.264 e. The highest BCUT2D eigenvalue weighted by atomic mass is 32.1. The van der Waals surface area contributed by atoms with E-state index in [9.17, 15) is 9.90 Å². The molecule has 2 aromatic carbocycles. The minimum absolute atomic E-state index is 0.136. The number of aryl methyl sites for hydroxylation is 1. The van der Waals surface area contributed by atoms with E-state index in [2.05, 4.69) is 49.4 Å². The van der Waals surface area contributed by atoms with Gasteiger partial charge < -0.3 is 10.0 Å². The Labute approximate surface area is 170 Å². The van der Waals surface area contributed by atoms with Crippen molar-refractivity contribution in [3.63, 3.8) is 0 Å². The molecule has 0 radical (unpaired) electrons. The Hall–Kier alpha value is -2.17. The molecule has 1 N–H and O–H groups in total. The standard InChI is InChI=1S/C24H27NO2S/c1-17-9-11-18(12-10-17)16-21-20-7-2-3-8-22(20)28-23(21)24(27)25-14-5-4-6-19(25)13-15-26/h2-3,7-12,19,26H,4-6,13-16H2,1H3. The largest absolute Gasteiger partial charge is 0.396 e. The average Bonchev–Trinajstić information content (AvgIpc) is 3.08. The predicted molar refractivity (Wildman–Crippen MR) is 116 cm³/mol. The van der Waals surface area contributed by atoms with Crippen LogP contribution in [0.5, 0.6) is 0 Å². The summed E-state index contributed by atoms with van der Waals surface area (Å²) < 4.78 is 1.17. The number of nitrogens with zero attached hydrogens (tertiary/aromatic N) is 1. The third kappa shape index (κ3) is 3.85. The minimum atomic E-state index is 0.136. The number of benzene rings is 2. The maximum atomic E-state index is 13.6. The van der Waals surface area contributed by atoms with Gasteiger partial charge in [-0.05, 0) is 61.6 Å². The zero-order valence-corrected chi connectivity index (χ0v) is 17.2. The van der Waals surface area contributed by atoms with Gasteiger partial charge in [0.25, 0.3) is 5.91 Å². The normalized spacial score (nSPS) is 17.2. The summed E-state index contributed by atoms with van der Waals surface area (Å²) in [6, 6.07) is 17.1. The second kappa shape index (κ2) is 8.46. The summed E-state index contributed by atoms with van der Waals surface area (Å²) in [5.74, 6) is 0.140. The van der Waals surface area contributed by atoms with E-state index in [1.165, 1.54) is 21.2 Å². The van der Waals surface area contributed by atoms with E-state index in [1.807, 2.05) is 11.0 Å². The van der Waals surface area contributed by atoms with Crippen molar-refractivity contribution in [1.29, 1.82) is 0 Å². The smallest absolute Gasteiger partial charge is 0.264 e. The van der Waals surface area contributed by atoms with Gasteiger partial charge in [0.15, 0.2) is 0 Å². The van der Waals surface area contributed by atoms with Crippen LogP contribution >= 0.6 is 11.3 Å². The highest BCUT2D eigenvalue weighted by molar-refractivity contribution is 7.21. The number of likely N-dealkylation sites (tertiary alicyclic amines) is 1. The van der Waals surface area contributed by atoms with E-state index in [0.717, 1.165) is 42.7 Å². The summed E-state index contributed by atoms with van der Waals surface area (Å²) in [6.07, 6.45) is 4.61. The molecule has 2 heterocycles. The predicted octanol–water partition coefficient (Wildman–Crippen LogP) is 5.18. The van der Waals surface area contributed by atoms with E-state index in [1.54, 1.807) is 11.3 Å². The molecule has 146 valence electrons. The van der Waals surface area contributed by atoms with Gasteiger partial charge in [-0.2, -0.15) is 0 Å². The Morgan fingerprint density at radius 1 is 1.14 bits per heavy atom. The number of thiophene rings is 1. The molecule has 1 aliphatic rings. The first kappa shape index (κ1) is 19.2. The summed E-state index contributed by atoms with van der Waals surface area (Å²) in [5.41, 5.74) is 3.62.